The van der Waals surface area contributed by atoms with E-state index in [1.54, 1.807) is 10.6 Å². The molecule has 3 heteroatoms. The summed E-state index contributed by atoms with van der Waals surface area (Å²) in [4.78, 5) is 12.1. The zero-order valence-corrected chi connectivity index (χ0v) is 13.1. The van der Waals surface area contributed by atoms with Gasteiger partial charge in [-0.05, 0) is 25.0 Å². The Morgan fingerprint density at radius 3 is 2.40 bits per heavy atom. The van der Waals surface area contributed by atoms with E-state index in [0.717, 1.165) is 19.4 Å². The second-order valence-corrected chi connectivity index (χ2v) is 5.34. The molecule has 0 aromatic carbocycles. The molecular weight excluding hydrogens is 250 g/mol. The number of aryl methyl sites for hydroxylation is 1. The van der Waals surface area contributed by atoms with Crippen LogP contribution in [-0.4, -0.2) is 11.2 Å². The minimum Gasteiger partial charge on any atom is -0.488 e. The lowest BCUT2D eigenvalue weighted by Gasteiger charge is -2.09. The zero-order valence-electron chi connectivity index (χ0n) is 13.1. The smallest absolute Gasteiger partial charge is 0.292 e. The molecule has 0 aliphatic rings. The van der Waals surface area contributed by atoms with Crippen molar-refractivity contribution in [2.45, 2.75) is 71.8 Å². The molecule has 0 amide bonds. The Bertz CT molecular complexity index is 412. The third-order valence-electron chi connectivity index (χ3n) is 3.45. The molecule has 0 bridgehead atoms. The van der Waals surface area contributed by atoms with E-state index in [0.29, 0.717) is 12.4 Å². The molecule has 0 aliphatic heterocycles. The number of ether oxygens (including phenoxy) is 1. The van der Waals surface area contributed by atoms with Crippen molar-refractivity contribution in [2.24, 2.45) is 0 Å². The van der Waals surface area contributed by atoms with Crippen LogP contribution in [-0.2, 0) is 6.54 Å². The standard InChI is InChI=1S/C17H29NO2/c1-3-5-6-7-8-9-10-13-18-14-11-12-16(17(18)19)20-15-4-2/h11-12,14H,3-10,13,15H2,1-2H3. The summed E-state index contributed by atoms with van der Waals surface area (Å²) in [6.07, 6.45) is 11.6. The first-order chi connectivity index (χ1) is 9.79. The van der Waals surface area contributed by atoms with Crippen LogP contribution in [0.4, 0.5) is 0 Å². The molecule has 1 rings (SSSR count). The van der Waals surface area contributed by atoms with Crippen molar-refractivity contribution in [1.82, 2.24) is 4.57 Å². The Morgan fingerprint density at radius 1 is 1.00 bits per heavy atom. The number of hydrogen-bond acceptors (Lipinski definition) is 2. The maximum Gasteiger partial charge on any atom is 0.292 e. The second-order valence-electron chi connectivity index (χ2n) is 5.34. The van der Waals surface area contributed by atoms with Gasteiger partial charge in [0.15, 0.2) is 5.75 Å². The maximum atomic E-state index is 12.1. The van der Waals surface area contributed by atoms with E-state index in [-0.39, 0.29) is 5.56 Å². The highest BCUT2D eigenvalue weighted by Crippen LogP contribution is 2.08. The van der Waals surface area contributed by atoms with E-state index in [9.17, 15) is 4.79 Å². The quantitative estimate of drug-likeness (QED) is 0.563. The summed E-state index contributed by atoms with van der Waals surface area (Å²) in [5.74, 6) is 0.484. The molecule has 0 atom stereocenters. The number of nitrogens with zero attached hydrogens (tertiary/aromatic N) is 1. The lowest BCUT2D eigenvalue weighted by atomic mass is 10.1. The molecule has 0 saturated heterocycles. The van der Waals surface area contributed by atoms with Crippen LogP contribution in [0.15, 0.2) is 23.1 Å². The Hall–Kier alpha value is -1.25. The average molecular weight is 279 g/mol. The fraction of sp³-hybridized carbons (Fsp3) is 0.706. The van der Waals surface area contributed by atoms with Gasteiger partial charge in [0.2, 0.25) is 0 Å². The van der Waals surface area contributed by atoms with Crippen molar-refractivity contribution in [3.63, 3.8) is 0 Å². The average Bonchev–Trinajstić information content (AvgIpc) is 2.46. The van der Waals surface area contributed by atoms with Gasteiger partial charge in [-0.25, -0.2) is 0 Å². The fourth-order valence-electron chi connectivity index (χ4n) is 2.25. The number of pyridine rings is 1. The van der Waals surface area contributed by atoms with Crippen LogP contribution in [0.5, 0.6) is 5.75 Å². The van der Waals surface area contributed by atoms with Crippen LogP contribution >= 0.6 is 0 Å². The zero-order chi connectivity index (χ0) is 14.6. The summed E-state index contributed by atoms with van der Waals surface area (Å²) in [5.41, 5.74) is 0.00642. The topological polar surface area (TPSA) is 31.2 Å². The lowest BCUT2D eigenvalue weighted by molar-refractivity contribution is 0.309. The van der Waals surface area contributed by atoms with Gasteiger partial charge in [-0.1, -0.05) is 52.4 Å². The van der Waals surface area contributed by atoms with Gasteiger partial charge in [0.25, 0.3) is 5.56 Å². The first-order valence-corrected chi connectivity index (χ1v) is 8.11. The molecule has 0 saturated carbocycles. The Kier molecular flexibility index (Phi) is 8.84. The summed E-state index contributed by atoms with van der Waals surface area (Å²) in [6, 6.07) is 3.66. The van der Waals surface area contributed by atoms with Crippen molar-refractivity contribution < 1.29 is 4.74 Å². The molecule has 0 fully saturated rings. The Labute approximate surface area is 123 Å². The molecule has 1 heterocycles. The summed E-state index contributed by atoms with van der Waals surface area (Å²) in [5, 5.41) is 0. The van der Waals surface area contributed by atoms with E-state index in [2.05, 4.69) is 6.92 Å². The van der Waals surface area contributed by atoms with Gasteiger partial charge in [-0.3, -0.25) is 4.79 Å². The monoisotopic (exact) mass is 279 g/mol. The van der Waals surface area contributed by atoms with E-state index < -0.39 is 0 Å². The van der Waals surface area contributed by atoms with E-state index in [4.69, 9.17) is 4.74 Å². The molecule has 1 aromatic rings. The highest BCUT2D eigenvalue weighted by molar-refractivity contribution is 5.17. The number of aromatic nitrogens is 1. The molecule has 0 spiro atoms. The molecule has 0 N–H and O–H groups in total. The summed E-state index contributed by atoms with van der Waals surface area (Å²) in [7, 11) is 0. The van der Waals surface area contributed by atoms with Gasteiger partial charge in [0, 0.05) is 12.7 Å². The van der Waals surface area contributed by atoms with Gasteiger partial charge < -0.3 is 9.30 Å². The first-order valence-electron chi connectivity index (χ1n) is 8.11. The van der Waals surface area contributed by atoms with Crippen molar-refractivity contribution >= 4 is 0 Å². The highest BCUT2D eigenvalue weighted by atomic mass is 16.5. The predicted octanol–water partition coefficient (Wildman–Crippen LogP) is 4.39. The SMILES string of the molecule is CCCCCCCCCn1cccc(OCCC)c1=O. The van der Waals surface area contributed by atoms with Gasteiger partial charge in [0.1, 0.15) is 0 Å². The third kappa shape index (κ3) is 6.27. The molecule has 1 aromatic heterocycles. The molecule has 3 nitrogen and oxygen atoms in total. The minimum absolute atomic E-state index is 0.00642. The van der Waals surface area contributed by atoms with Crippen molar-refractivity contribution in [3.05, 3.63) is 28.7 Å². The lowest BCUT2D eigenvalue weighted by Crippen LogP contribution is -2.21. The second kappa shape index (κ2) is 10.5. The first kappa shape index (κ1) is 16.8. The largest absolute Gasteiger partial charge is 0.488 e. The number of rotatable bonds is 11. The van der Waals surface area contributed by atoms with Crippen LogP contribution in [0.25, 0.3) is 0 Å². The van der Waals surface area contributed by atoms with Crippen LogP contribution in [0, 0.1) is 0 Å². The van der Waals surface area contributed by atoms with Crippen molar-refractivity contribution in [3.8, 4) is 5.75 Å². The predicted molar refractivity (Wildman–Crippen MR) is 84.5 cm³/mol. The van der Waals surface area contributed by atoms with E-state index in [1.165, 1.54) is 38.5 Å². The van der Waals surface area contributed by atoms with Crippen LogP contribution in [0.3, 0.4) is 0 Å². The van der Waals surface area contributed by atoms with Gasteiger partial charge in [-0.2, -0.15) is 0 Å². The Balaban J connectivity index is 2.31. The van der Waals surface area contributed by atoms with Crippen LogP contribution < -0.4 is 10.3 Å². The Morgan fingerprint density at radius 2 is 1.70 bits per heavy atom. The van der Waals surface area contributed by atoms with Gasteiger partial charge >= 0.3 is 0 Å². The maximum absolute atomic E-state index is 12.1. The molecule has 20 heavy (non-hydrogen) atoms. The molecule has 114 valence electrons. The highest BCUT2D eigenvalue weighted by Gasteiger charge is 2.03. The summed E-state index contributed by atoms with van der Waals surface area (Å²) in [6.45, 7) is 5.69. The molecule has 0 unspecified atom stereocenters. The van der Waals surface area contributed by atoms with Crippen molar-refractivity contribution in [2.75, 3.05) is 6.61 Å². The molecular formula is C17H29NO2. The summed E-state index contributed by atoms with van der Waals surface area (Å²) < 4.78 is 7.24. The van der Waals surface area contributed by atoms with Crippen molar-refractivity contribution in [1.29, 1.82) is 0 Å². The fourth-order valence-corrected chi connectivity index (χ4v) is 2.25. The minimum atomic E-state index is 0.00642. The molecule has 0 radical (unpaired) electrons. The van der Waals surface area contributed by atoms with E-state index >= 15 is 0 Å². The van der Waals surface area contributed by atoms with Crippen LogP contribution in [0.2, 0.25) is 0 Å². The van der Waals surface area contributed by atoms with Gasteiger partial charge in [0.05, 0.1) is 6.61 Å². The number of unbranched alkanes of at least 4 members (excludes halogenated alkanes) is 6. The van der Waals surface area contributed by atoms with E-state index in [1.807, 2.05) is 19.2 Å². The number of hydrogen-bond donors (Lipinski definition) is 0. The normalized spacial score (nSPS) is 10.7. The van der Waals surface area contributed by atoms with Crippen LogP contribution in [0.1, 0.15) is 65.2 Å². The van der Waals surface area contributed by atoms with Gasteiger partial charge in [-0.15, -0.1) is 0 Å². The third-order valence-corrected chi connectivity index (χ3v) is 3.45. The summed E-state index contributed by atoms with van der Waals surface area (Å²) >= 11 is 0. The molecule has 0 aliphatic carbocycles.